The molecule has 0 aromatic heterocycles. The number of thioether (sulfide) groups is 1. The van der Waals surface area contributed by atoms with Crippen LogP contribution in [0.3, 0.4) is 0 Å². The number of rotatable bonds is 10. The summed E-state index contributed by atoms with van der Waals surface area (Å²) in [5.41, 5.74) is 0.850. The molecule has 1 rings (SSSR count). The lowest BCUT2D eigenvalue weighted by atomic mass is 10.0. The van der Waals surface area contributed by atoms with E-state index in [9.17, 15) is 14.4 Å². The molecular weight excluding hydrogens is 368 g/mol. The average Bonchev–Trinajstić information content (AvgIpc) is 2.67. The number of alkyl carbamates (subject to hydrolysis) is 1. The van der Waals surface area contributed by atoms with Gasteiger partial charge in [0.05, 0.1) is 7.11 Å². The molecule has 2 N–H and O–H groups in total. The summed E-state index contributed by atoms with van der Waals surface area (Å²) in [5.74, 6) is -0.437. The number of nitrogens with one attached hydrogen (secondary N) is 2. The van der Waals surface area contributed by atoms with Crippen molar-refractivity contribution in [2.24, 2.45) is 5.92 Å². The number of methoxy groups -OCH3 is 1. The highest BCUT2D eigenvalue weighted by Crippen LogP contribution is 2.07. The van der Waals surface area contributed by atoms with Crippen LogP contribution in [0.1, 0.15) is 25.8 Å². The fraction of sp³-hybridized carbons (Fsp3) is 0.526. The zero-order valence-corrected chi connectivity index (χ0v) is 17.0. The van der Waals surface area contributed by atoms with Gasteiger partial charge in [0, 0.05) is 0 Å². The van der Waals surface area contributed by atoms with Crippen molar-refractivity contribution in [1.29, 1.82) is 0 Å². The van der Waals surface area contributed by atoms with E-state index in [1.54, 1.807) is 25.6 Å². The van der Waals surface area contributed by atoms with E-state index in [4.69, 9.17) is 9.47 Å². The Morgan fingerprint density at radius 3 is 2.33 bits per heavy atom. The van der Waals surface area contributed by atoms with E-state index in [2.05, 4.69) is 10.6 Å². The van der Waals surface area contributed by atoms with Gasteiger partial charge in [-0.3, -0.25) is 4.79 Å². The third kappa shape index (κ3) is 8.34. The van der Waals surface area contributed by atoms with Crippen LogP contribution in [0.4, 0.5) is 4.79 Å². The fourth-order valence-corrected chi connectivity index (χ4v) is 2.76. The van der Waals surface area contributed by atoms with Gasteiger partial charge < -0.3 is 20.1 Å². The van der Waals surface area contributed by atoms with Crippen LogP contribution in [0.15, 0.2) is 30.3 Å². The van der Waals surface area contributed by atoms with Crippen LogP contribution >= 0.6 is 11.8 Å². The second kappa shape index (κ2) is 12.2. The van der Waals surface area contributed by atoms with Crippen LogP contribution in [0.5, 0.6) is 0 Å². The summed E-state index contributed by atoms with van der Waals surface area (Å²) in [7, 11) is 1.27. The fourth-order valence-electron chi connectivity index (χ4n) is 2.29. The molecule has 1 aromatic carbocycles. The molecule has 27 heavy (non-hydrogen) atoms. The highest BCUT2D eigenvalue weighted by Gasteiger charge is 2.29. The van der Waals surface area contributed by atoms with Crippen molar-refractivity contribution in [1.82, 2.24) is 10.6 Å². The van der Waals surface area contributed by atoms with Crippen molar-refractivity contribution in [3.05, 3.63) is 35.9 Å². The van der Waals surface area contributed by atoms with E-state index in [-0.39, 0.29) is 12.5 Å². The van der Waals surface area contributed by atoms with Crippen molar-refractivity contribution >= 4 is 29.7 Å². The van der Waals surface area contributed by atoms with E-state index in [1.807, 2.05) is 36.6 Å². The number of esters is 1. The van der Waals surface area contributed by atoms with Crippen LogP contribution in [0, 0.1) is 5.92 Å². The number of carbonyl (C=O) groups is 3. The maximum Gasteiger partial charge on any atom is 0.408 e. The first-order valence-corrected chi connectivity index (χ1v) is 10.1. The summed E-state index contributed by atoms with van der Waals surface area (Å²) < 4.78 is 9.92. The summed E-state index contributed by atoms with van der Waals surface area (Å²) in [6, 6.07) is 7.68. The highest BCUT2D eigenvalue weighted by molar-refractivity contribution is 7.98. The smallest absolute Gasteiger partial charge is 0.408 e. The lowest BCUT2D eigenvalue weighted by molar-refractivity contribution is -0.146. The average molecular weight is 397 g/mol. The molecule has 2 atom stereocenters. The molecule has 0 heterocycles. The van der Waals surface area contributed by atoms with Crippen molar-refractivity contribution in [2.75, 3.05) is 19.1 Å². The number of benzene rings is 1. The van der Waals surface area contributed by atoms with E-state index in [1.165, 1.54) is 7.11 Å². The quantitative estimate of drug-likeness (QED) is 0.590. The molecule has 0 aliphatic heterocycles. The Balaban J connectivity index is 2.68. The number of hydrogen-bond acceptors (Lipinski definition) is 6. The summed E-state index contributed by atoms with van der Waals surface area (Å²) in [6.07, 6.45) is 1.65. The second-order valence-corrected chi connectivity index (χ2v) is 7.28. The van der Waals surface area contributed by atoms with Gasteiger partial charge in [0.1, 0.15) is 18.7 Å². The first kappa shape index (κ1) is 22.8. The van der Waals surface area contributed by atoms with Crippen LogP contribution < -0.4 is 10.6 Å². The van der Waals surface area contributed by atoms with E-state index in [0.29, 0.717) is 12.2 Å². The number of carbonyl (C=O) groups excluding carboxylic acids is 3. The Kier molecular flexibility index (Phi) is 10.3. The van der Waals surface area contributed by atoms with Gasteiger partial charge in [-0.2, -0.15) is 11.8 Å². The minimum Gasteiger partial charge on any atom is -0.467 e. The van der Waals surface area contributed by atoms with Crippen LogP contribution in [0.2, 0.25) is 0 Å². The molecule has 0 saturated carbocycles. The van der Waals surface area contributed by atoms with Crippen LogP contribution in [-0.2, 0) is 25.7 Å². The lowest BCUT2D eigenvalue weighted by Gasteiger charge is -2.24. The maximum atomic E-state index is 12.6. The molecule has 2 amide bonds. The summed E-state index contributed by atoms with van der Waals surface area (Å²) in [5, 5.41) is 5.25. The van der Waals surface area contributed by atoms with Crippen LogP contribution in [-0.4, -0.2) is 49.2 Å². The summed E-state index contributed by atoms with van der Waals surface area (Å²) in [4.78, 5) is 36.5. The minimum atomic E-state index is -0.799. The molecule has 1 aromatic rings. The van der Waals surface area contributed by atoms with Gasteiger partial charge >= 0.3 is 12.1 Å². The highest BCUT2D eigenvalue weighted by atomic mass is 32.2. The standard InChI is InChI=1S/C19H28N2O5S/c1-13(2)16(18(23)25-3)21-17(22)15(10-11-27-4)20-19(24)26-12-14-8-6-5-7-9-14/h5-9,13,15-16H,10-12H2,1-4H3,(H,20,24)(H,21,22)/t15-,16-/m0/s1. The second-order valence-electron chi connectivity index (χ2n) is 6.29. The first-order chi connectivity index (χ1) is 12.9. The summed E-state index contributed by atoms with van der Waals surface area (Å²) >= 11 is 1.56. The molecule has 0 unspecified atom stereocenters. The Hall–Kier alpha value is -2.22. The topological polar surface area (TPSA) is 93.7 Å². The molecule has 7 nitrogen and oxygen atoms in total. The normalized spacial score (nSPS) is 12.8. The first-order valence-electron chi connectivity index (χ1n) is 8.73. The van der Waals surface area contributed by atoms with Crippen molar-refractivity contribution in [3.63, 3.8) is 0 Å². The summed E-state index contributed by atoms with van der Waals surface area (Å²) in [6.45, 7) is 3.72. The monoisotopic (exact) mass is 396 g/mol. The Morgan fingerprint density at radius 2 is 1.78 bits per heavy atom. The molecule has 0 aliphatic carbocycles. The Labute approximate surface area is 164 Å². The molecule has 0 radical (unpaired) electrons. The van der Waals surface area contributed by atoms with Gasteiger partial charge in [-0.25, -0.2) is 9.59 Å². The van der Waals surface area contributed by atoms with Gasteiger partial charge in [0.2, 0.25) is 5.91 Å². The lowest BCUT2D eigenvalue weighted by Crippen LogP contribution is -2.53. The molecule has 150 valence electrons. The maximum absolute atomic E-state index is 12.6. The third-order valence-corrected chi connectivity index (χ3v) is 4.50. The largest absolute Gasteiger partial charge is 0.467 e. The number of amides is 2. The van der Waals surface area contributed by atoms with Gasteiger partial charge in [0.25, 0.3) is 0 Å². The molecule has 0 saturated heterocycles. The zero-order chi connectivity index (χ0) is 20.2. The molecular formula is C19H28N2O5S. The SMILES string of the molecule is COC(=O)[C@@H](NC(=O)[C@H](CCSC)NC(=O)OCc1ccccc1)C(C)C. The molecule has 8 heteroatoms. The number of ether oxygens (including phenoxy) is 2. The predicted molar refractivity (Wildman–Crippen MR) is 105 cm³/mol. The molecule has 0 bridgehead atoms. The Morgan fingerprint density at radius 1 is 1.11 bits per heavy atom. The molecule has 0 fully saturated rings. The molecule has 0 aliphatic rings. The van der Waals surface area contributed by atoms with E-state index < -0.39 is 30.1 Å². The van der Waals surface area contributed by atoms with Crippen molar-refractivity contribution in [3.8, 4) is 0 Å². The van der Waals surface area contributed by atoms with E-state index in [0.717, 1.165) is 5.56 Å². The Bertz CT molecular complexity index is 609. The minimum absolute atomic E-state index is 0.111. The third-order valence-electron chi connectivity index (χ3n) is 3.85. The molecule has 0 spiro atoms. The van der Waals surface area contributed by atoms with Gasteiger partial charge in [-0.15, -0.1) is 0 Å². The van der Waals surface area contributed by atoms with Gasteiger partial charge in [-0.05, 0) is 29.9 Å². The number of hydrogen-bond donors (Lipinski definition) is 2. The van der Waals surface area contributed by atoms with Gasteiger partial charge in [-0.1, -0.05) is 44.2 Å². The van der Waals surface area contributed by atoms with Crippen LogP contribution in [0.25, 0.3) is 0 Å². The van der Waals surface area contributed by atoms with Crippen molar-refractivity contribution < 1.29 is 23.9 Å². The van der Waals surface area contributed by atoms with Gasteiger partial charge in [0.15, 0.2) is 0 Å². The van der Waals surface area contributed by atoms with Crippen molar-refractivity contribution in [2.45, 2.75) is 39.0 Å². The zero-order valence-electron chi connectivity index (χ0n) is 16.2. The van der Waals surface area contributed by atoms with E-state index >= 15 is 0 Å². The predicted octanol–water partition coefficient (Wildman–Crippen LogP) is 2.35.